The Kier molecular flexibility index (Phi) is 10.4. The van der Waals surface area contributed by atoms with Crippen molar-refractivity contribution in [2.24, 2.45) is 0 Å². The number of non-ortho nitro benzene ring substituents is 2. The molecular weight excluding hydrogens is 570 g/mol. The highest BCUT2D eigenvalue weighted by Gasteiger charge is 2.42. The van der Waals surface area contributed by atoms with E-state index in [4.69, 9.17) is 14.2 Å². The molecule has 0 aliphatic carbocycles. The molecule has 4 rings (SSSR count). The van der Waals surface area contributed by atoms with Gasteiger partial charge >= 0.3 is 12.2 Å². The topological polar surface area (TPSA) is 195 Å². The fraction of sp³-hybridized carbons (Fsp3) is 0.444. The largest absolute Gasteiger partial charge is 0.508 e. The van der Waals surface area contributed by atoms with Crippen molar-refractivity contribution >= 4 is 29.5 Å². The molecule has 230 valence electrons. The van der Waals surface area contributed by atoms with Gasteiger partial charge in [-0.3, -0.25) is 34.8 Å². The standard InChI is InChI=1S/C27H31N5O11/c33-23-15-24(30(16-23)26(35)42-17-19-1-5-21(6-2-19)31(37)38)25(34)29-11-9-28(10-12-29)13-14-41-27(36)43-18-20-3-7-22(8-4-20)32(39)40/h1-8,23-24,33H,9-18H2/t23-,24+/m1/s1. The van der Waals surface area contributed by atoms with Gasteiger partial charge in [0.2, 0.25) is 5.91 Å². The Morgan fingerprint density at radius 2 is 1.35 bits per heavy atom. The number of nitro benzene ring substituents is 2. The van der Waals surface area contributed by atoms with Gasteiger partial charge in [0.25, 0.3) is 11.4 Å². The average molecular weight is 602 g/mol. The molecule has 2 fully saturated rings. The fourth-order valence-electron chi connectivity index (χ4n) is 4.75. The van der Waals surface area contributed by atoms with Crippen LogP contribution >= 0.6 is 0 Å². The molecule has 0 radical (unpaired) electrons. The molecule has 16 heteroatoms. The van der Waals surface area contributed by atoms with Crippen LogP contribution in [0, 0.1) is 20.2 Å². The first-order valence-corrected chi connectivity index (χ1v) is 13.5. The predicted molar refractivity (Wildman–Crippen MR) is 147 cm³/mol. The Hall–Kier alpha value is -4.83. The lowest BCUT2D eigenvalue weighted by Crippen LogP contribution is -2.54. The number of likely N-dealkylation sites (tertiary alicyclic amines) is 1. The van der Waals surface area contributed by atoms with Crippen LogP contribution in [0.5, 0.6) is 0 Å². The molecule has 2 aliphatic heterocycles. The van der Waals surface area contributed by atoms with Gasteiger partial charge in [-0.15, -0.1) is 0 Å². The van der Waals surface area contributed by atoms with Crippen molar-refractivity contribution in [1.82, 2.24) is 14.7 Å². The lowest BCUT2D eigenvalue weighted by molar-refractivity contribution is -0.385. The van der Waals surface area contributed by atoms with E-state index in [1.807, 2.05) is 4.90 Å². The quantitative estimate of drug-likeness (QED) is 0.237. The SMILES string of the molecule is O=C(OCCN1CCN(C(=O)[C@@H]2C[C@@H](O)CN2C(=O)OCc2ccc([N+](=O)[O-])cc2)CC1)OCc1ccc([N+](=O)[O-])cc1. The summed E-state index contributed by atoms with van der Waals surface area (Å²) in [5.74, 6) is -0.297. The smallest absolute Gasteiger partial charge is 0.445 e. The molecule has 2 heterocycles. The number of hydrogen-bond acceptors (Lipinski definition) is 12. The molecular formula is C27H31N5O11. The van der Waals surface area contributed by atoms with E-state index < -0.39 is 34.2 Å². The first-order chi connectivity index (χ1) is 20.6. The van der Waals surface area contributed by atoms with Gasteiger partial charge in [-0.25, -0.2) is 9.59 Å². The van der Waals surface area contributed by atoms with E-state index in [-0.39, 0.29) is 50.1 Å². The van der Waals surface area contributed by atoms with Gasteiger partial charge in [-0.2, -0.15) is 0 Å². The number of carbonyl (C=O) groups excluding carboxylic acids is 3. The van der Waals surface area contributed by atoms with Crippen molar-refractivity contribution in [3.05, 3.63) is 79.9 Å². The number of hydrogen-bond donors (Lipinski definition) is 1. The first kappa shape index (κ1) is 31.1. The third-order valence-electron chi connectivity index (χ3n) is 7.12. The number of nitro groups is 2. The fourth-order valence-corrected chi connectivity index (χ4v) is 4.75. The van der Waals surface area contributed by atoms with Crippen LogP contribution in [0.25, 0.3) is 0 Å². The summed E-state index contributed by atoms with van der Waals surface area (Å²) < 4.78 is 15.4. The lowest BCUT2D eigenvalue weighted by atomic mass is 10.1. The van der Waals surface area contributed by atoms with Gasteiger partial charge in [0.15, 0.2) is 0 Å². The van der Waals surface area contributed by atoms with E-state index in [0.29, 0.717) is 43.9 Å². The number of ether oxygens (including phenoxy) is 3. The van der Waals surface area contributed by atoms with Crippen molar-refractivity contribution in [3.63, 3.8) is 0 Å². The molecule has 2 aliphatic rings. The number of aliphatic hydroxyl groups is 1. The summed E-state index contributed by atoms with van der Waals surface area (Å²) in [7, 11) is 0. The number of rotatable bonds is 10. The van der Waals surface area contributed by atoms with Crippen LogP contribution in [-0.4, -0.2) is 106 Å². The second-order valence-corrected chi connectivity index (χ2v) is 10.0. The third-order valence-corrected chi connectivity index (χ3v) is 7.12. The Balaban J connectivity index is 1.16. The molecule has 2 saturated heterocycles. The molecule has 0 aromatic heterocycles. The molecule has 16 nitrogen and oxygen atoms in total. The number of β-amino-alcohol motifs (C(OH)–C–C–N with tert-alkyl or cyclic N) is 1. The van der Waals surface area contributed by atoms with Crippen molar-refractivity contribution < 1.29 is 43.5 Å². The lowest BCUT2D eigenvalue weighted by Gasteiger charge is -2.36. The summed E-state index contributed by atoms with van der Waals surface area (Å²) in [6.07, 6.45) is -2.42. The Morgan fingerprint density at radius 1 is 0.814 bits per heavy atom. The van der Waals surface area contributed by atoms with E-state index in [9.17, 15) is 39.7 Å². The van der Waals surface area contributed by atoms with Crippen molar-refractivity contribution in [1.29, 1.82) is 0 Å². The van der Waals surface area contributed by atoms with Crippen molar-refractivity contribution in [2.75, 3.05) is 45.9 Å². The minimum Gasteiger partial charge on any atom is -0.445 e. The van der Waals surface area contributed by atoms with E-state index in [0.717, 1.165) is 0 Å². The van der Waals surface area contributed by atoms with Crippen molar-refractivity contribution in [2.45, 2.75) is 31.8 Å². The first-order valence-electron chi connectivity index (χ1n) is 13.5. The second-order valence-electron chi connectivity index (χ2n) is 10.0. The molecule has 43 heavy (non-hydrogen) atoms. The summed E-state index contributed by atoms with van der Waals surface area (Å²) in [4.78, 5) is 63.2. The Labute approximate surface area is 245 Å². The minimum atomic E-state index is -0.875. The molecule has 2 aromatic carbocycles. The summed E-state index contributed by atoms with van der Waals surface area (Å²) in [5.41, 5.74) is 0.967. The monoisotopic (exact) mass is 601 g/mol. The number of aliphatic hydroxyl groups excluding tert-OH is 1. The zero-order valence-electron chi connectivity index (χ0n) is 23.1. The van der Waals surface area contributed by atoms with Gasteiger partial charge in [-0.1, -0.05) is 0 Å². The number of carbonyl (C=O) groups is 3. The summed E-state index contributed by atoms with van der Waals surface area (Å²) in [6, 6.07) is 10.3. The zero-order chi connectivity index (χ0) is 30.9. The van der Waals surface area contributed by atoms with Crippen LogP contribution in [0.4, 0.5) is 21.0 Å². The normalized spacial score (nSPS) is 18.6. The summed E-state index contributed by atoms with van der Waals surface area (Å²) in [6.45, 7) is 1.97. The number of benzene rings is 2. The Morgan fingerprint density at radius 3 is 1.88 bits per heavy atom. The molecule has 0 spiro atoms. The van der Waals surface area contributed by atoms with Gasteiger partial charge in [0.1, 0.15) is 25.9 Å². The number of nitrogens with zero attached hydrogens (tertiary/aromatic N) is 5. The van der Waals surface area contributed by atoms with Gasteiger partial charge in [-0.05, 0) is 35.4 Å². The summed E-state index contributed by atoms with van der Waals surface area (Å²) >= 11 is 0. The highest BCUT2D eigenvalue weighted by atomic mass is 16.7. The van der Waals surface area contributed by atoms with Crippen LogP contribution in [0.15, 0.2) is 48.5 Å². The Bertz CT molecular complexity index is 1310. The van der Waals surface area contributed by atoms with Crippen LogP contribution in [-0.2, 0) is 32.2 Å². The van der Waals surface area contributed by atoms with E-state index in [1.54, 1.807) is 4.90 Å². The van der Waals surface area contributed by atoms with Crippen molar-refractivity contribution in [3.8, 4) is 0 Å². The molecule has 2 aromatic rings. The highest BCUT2D eigenvalue weighted by molar-refractivity contribution is 5.86. The summed E-state index contributed by atoms with van der Waals surface area (Å²) in [5, 5.41) is 31.7. The van der Waals surface area contributed by atoms with E-state index in [1.165, 1.54) is 53.4 Å². The average Bonchev–Trinajstić information content (AvgIpc) is 3.40. The molecule has 1 N–H and O–H groups in total. The van der Waals surface area contributed by atoms with Crippen LogP contribution in [0.1, 0.15) is 17.5 Å². The second kappa shape index (κ2) is 14.4. The zero-order valence-corrected chi connectivity index (χ0v) is 23.1. The molecule has 0 bridgehead atoms. The molecule has 0 saturated carbocycles. The maximum Gasteiger partial charge on any atom is 0.508 e. The molecule has 2 atom stereocenters. The van der Waals surface area contributed by atoms with Gasteiger partial charge in [0.05, 0.1) is 22.5 Å². The maximum absolute atomic E-state index is 13.3. The number of piperazine rings is 1. The van der Waals surface area contributed by atoms with E-state index >= 15 is 0 Å². The van der Waals surface area contributed by atoms with Crippen LogP contribution in [0.2, 0.25) is 0 Å². The molecule has 0 unspecified atom stereocenters. The third kappa shape index (κ3) is 8.59. The highest BCUT2D eigenvalue weighted by Crippen LogP contribution is 2.23. The van der Waals surface area contributed by atoms with Gasteiger partial charge in [0, 0.05) is 63.4 Å². The minimum absolute atomic E-state index is 0.0485. The van der Waals surface area contributed by atoms with E-state index in [2.05, 4.69) is 0 Å². The molecule has 2 amide bonds. The van der Waals surface area contributed by atoms with Gasteiger partial charge < -0.3 is 24.2 Å². The van der Waals surface area contributed by atoms with Crippen LogP contribution < -0.4 is 0 Å². The van der Waals surface area contributed by atoms with Crippen LogP contribution in [0.3, 0.4) is 0 Å². The predicted octanol–water partition coefficient (Wildman–Crippen LogP) is 2.07. The maximum atomic E-state index is 13.3. The number of amides is 2.